The number of carbonyl (C=O) groups is 1. The van der Waals surface area contributed by atoms with Crippen LogP contribution in [-0.2, 0) is 0 Å². The number of likely N-dealkylation sites (tertiary alicyclic amines) is 1. The summed E-state index contributed by atoms with van der Waals surface area (Å²) in [7, 11) is 1.70. The first-order valence-corrected chi connectivity index (χ1v) is 6.88. The molecule has 1 atom stereocenters. The number of aliphatic hydroxyl groups is 1. The molecule has 1 aliphatic heterocycles. The average Bonchev–Trinajstić information content (AvgIpc) is 2.72. The Labute approximate surface area is 110 Å². The highest BCUT2D eigenvalue weighted by atomic mass is 16.3. The van der Waals surface area contributed by atoms with E-state index in [0.29, 0.717) is 25.0 Å². The number of nitrogens with one attached hydrogen (secondary N) is 1. The molecular formula is C13H27N3O2. The van der Waals surface area contributed by atoms with Gasteiger partial charge in [0.2, 0.25) is 0 Å². The van der Waals surface area contributed by atoms with Crippen LogP contribution in [0.1, 0.15) is 26.7 Å². The quantitative estimate of drug-likeness (QED) is 0.738. The van der Waals surface area contributed by atoms with Crippen LogP contribution in [0.4, 0.5) is 4.79 Å². The second kappa shape index (κ2) is 7.59. The molecule has 1 rings (SSSR count). The summed E-state index contributed by atoms with van der Waals surface area (Å²) in [6.45, 7) is 7.80. The summed E-state index contributed by atoms with van der Waals surface area (Å²) in [5.41, 5.74) is 0. The zero-order valence-corrected chi connectivity index (χ0v) is 11.9. The first-order valence-electron chi connectivity index (χ1n) is 6.88. The van der Waals surface area contributed by atoms with Crippen molar-refractivity contribution in [2.45, 2.75) is 32.7 Å². The molecular weight excluding hydrogens is 230 g/mol. The van der Waals surface area contributed by atoms with E-state index in [9.17, 15) is 4.79 Å². The van der Waals surface area contributed by atoms with E-state index in [0.717, 1.165) is 19.5 Å². The molecule has 2 amide bonds. The van der Waals surface area contributed by atoms with E-state index < -0.39 is 0 Å². The molecule has 2 N–H and O–H groups in total. The lowest BCUT2D eigenvalue weighted by molar-refractivity contribution is 0.182. The maximum absolute atomic E-state index is 11.7. The van der Waals surface area contributed by atoms with Crippen molar-refractivity contribution in [2.24, 2.45) is 5.92 Å². The van der Waals surface area contributed by atoms with E-state index in [-0.39, 0.29) is 12.6 Å². The maximum atomic E-state index is 11.7. The minimum absolute atomic E-state index is 0.00677. The van der Waals surface area contributed by atoms with E-state index in [1.165, 1.54) is 11.3 Å². The van der Waals surface area contributed by atoms with Crippen LogP contribution in [0.15, 0.2) is 0 Å². The van der Waals surface area contributed by atoms with Gasteiger partial charge in [0, 0.05) is 32.7 Å². The lowest BCUT2D eigenvalue weighted by Crippen LogP contribution is -2.45. The molecule has 1 saturated heterocycles. The number of rotatable bonds is 6. The smallest absolute Gasteiger partial charge is 0.317 e. The topological polar surface area (TPSA) is 55.8 Å². The molecule has 0 aromatic rings. The van der Waals surface area contributed by atoms with Crippen molar-refractivity contribution in [3.63, 3.8) is 0 Å². The number of hydrogen-bond acceptors (Lipinski definition) is 3. The zero-order chi connectivity index (χ0) is 13.5. The minimum atomic E-state index is -0.0968. The Kier molecular flexibility index (Phi) is 6.43. The van der Waals surface area contributed by atoms with Crippen molar-refractivity contribution in [3.05, 3.63) is 0 Å². The molecule has 0 spiro atoms. The first-order chi connectivity index (χ1) is 8.54. The van der Waals surface area contributed by atoms with Gasteiger partial charge in [-0.15, -0.1) is 0 Å². The SMILES string of the molecule is CC(C)CN1CCC[C@H]1CNC(=O)N(C)CCO. The van der Waals surface area contributed by atoms with Gasteiger partial charge >= 0.3 is 6.03 Å². The van der Waals surface area contributed by atoms with Crippen LogP contribution in [0.25, 0.3) is 0 Å². The Bertz CT molecular complexity index is 259. The third kappa shape index (κ3) is 4.82. The van der Waals surface area contributed by atoms with Crippen molar-refractivity contribution >= 4 is 6.03 Å². The van der Waals surface area contributed by atoms with Crippen LogP contribution in [0.2, 0.25) is 0 Å². The van der Waals surface area contributed by atoms with Crippen molar-refractivity contribution < 1.29 is 9.90 Å². The number of urea groups is 1. The van der Waals surface area contributed by atoms with Crippen molar-refractivity contribution in [1.29, 1.82) is 0 Å². The van der Waals surface area contributed by atoms with Gasteiger partial charge in [-0.25, -0.2) is 4.79 Å². The lowest BCUT2D eigenvalue weighted by Gasteiger charge is -2.27. The van der Waals surface area contributed by atoms with Gasteiger partial charge in [-0.3, -0.25) is 4.90 Å². The lowest BCUT2D eigenvalue weighted by atomic mass is 10.1. The molecule has 1 heterocycles. The third-order valence-electron chi connectivity index (χ3n) is 3.37. The van der Waals surface area contributed by atoms with Gasteiger partial charge in [-0.2, -0.15) is 0 Å². The van der Waals surface area contributed by atoms with Crippen molar-refractivity contribution in [3.8, 4) is 0 Å². The number of likely N-dealkylation sites (N-methyl/N-ethyl adjacent to an activating group) is 1. The second-order valence-corrected chi connectivity index (χ2v) is 5.52. The summed E-state index contributed by atoms with van der Waals surface area (Å²) in [5, 5.41) is 11.7. The molecule has 0 unspecified atom stereocenters. The van der Waals surface area contributed by atoms with E-state index in [1.54, 1.807) is 7.05 Å². The first kappa shape index (κ1) is 15.2. The fourth-order valence-corrected chi connectivity index (χ4v) is 2.43. The van der Waals surface area contributed by atoms with Crippen LogP contribution in [0.5, 0.6) is 0 Å². The summed E-state index contributed by atoms with van der Waals surface area (Å²) in [4.78, 5) is 15.7. The molecule has 0 aromatic carbocycles. The van der Waals surface area contributed by atoms with Crippen molar-refractivity contribution in [2.75, 3.05) is 39.8 Å². The molecule has 1 aliphatic rings. The molecule has 18 heavy (non-hydrogen) atoms. The van der Waals surface area contributed by atoms with E-state index >= 15 is 0 Å². The van der Waals surface area contributed by atoms with E-state index in [2.05, 4.69) is 24.1 Å². The highest BCUT2D eigenvalue weighted by Gasteiger charge is 2.25. The number of aliphatic hydroxyl groups excluding tert-OH is 1. The van der Waals surface area contributed by atoms with Crippen LogP contribution >= 0.6 is 0 Å². The summed E-state index contributed by atoms with van der Waals surface area (Å²) in [6.07, 6.45) is 2.39. The summed E-state index contributed by atoms with van der Waals surface area (Å²) in [5.74, 6) is 0.665. The van der Waals surface area contributed by atoms with Gasteiger partial charge in [-0.1, -0.05) is 13.8 Å². The largest absolute Gasteiger partial charge is 0.395 e. The Morgan fingerprint density at radius 1 is 1.56 bits per heavy atom. The van der Waals surface area contributed by atoms with Crippen LogP contribution in [0.3, 0.4) is 0 Å². The monoisotopic (exact) mass is 257 g/mol. The van der Waals surface area contributed by atoms with Gasteiger partial charge in [0.15, 0.2) is 0 Å². The zero-order valence-electron chi connectivity index (χ0n) is 11.9. The Balaban J connectivity index is 2.31. The maximum Gasteiger partial charge on any atom is 0.317 e. The third-order valence-corrected chi connectivity index (χ3v) is 3.37. The van der Waals surface area contributed by atoms with Crippen LogP contribution < -0.4 is 5.32 Å². The molecule has 5 nitrogen and oxygen atoms in total. The van der Waals surface area contributed by atoms with E-state index in [1.807, 2.05) is 0 Å². The minimum Gasteiger partial charge on any atom is -0.395 e. The molecule has 5 heteroatoms. The Morgan fingerprint density at radius 2 is 2.28 bits per heavy atom. The van der Waals surface area contributed by atoms with Crippen molar-refractivity contribution in [1.82, 2.24) is 15.1 Å². The second-order valence-electron chi connectivity index (χ2n) is 5.52. The Morgan fingerprint density at radius 3 is 2.89 bits per heavy atom. The summed E-state index contributed by atoms with van der Waals surface area (Å²) < 4.78 is 0. The van der Waals surface area contributed by atoms with Crippen LogP contribution in [-0.4, -0.2) is 66.8 Å². The summed E-state index contributed by atoms with van der Waals surface area (Å²) in [6, 6.07) is 0.374. The fraction of sp³-hybridized carbons (Fsp3) is 0.923. The standard InChI is InChI=1S/C13H27N3O2/c1-11(2)10-16-6-4-5-12(16)9-14-13(18)15(3)7-8-17/h11-12,17H,4-10H2,1-3H3,(H,14,18)/t12-/m0/s1. The number of nitrogens with zero attached hydrogens (tertiary/aromatic N) is 2. The normalized spacial score (nSPS) is 20.4. The Hall–Kier alpha value is -0.810. The van der Waals surface area contributed by atoms with Gasteiger partial charge in [0.25, 0.3) is 0 Å². The number of hydrogen-bond donors (Lipinski definition) is 2. The molecule has 0 radical (unpaired) electrons. The predicted octanol–water partition coefficient (Wildman–Crippen LogP) is 0.740. The molecule has 0 aliphatic carbocycles. The molecule has 0 saturated carbocycles. The molecule has 0 bridgehead atoms. The van der Waals surface area contributed by atoms with Gasteiger partial charge < -0.3 is 15.3 Å². The highest BCUT2D eigenvalue weighted by Crippen LogP contribution is 2.17. The number of carbonyl (C=O) groups excluding carboxylic acids is 1. The van der Waals surface area contributed by atoms with Crippen LogP contribution in [0, 0.1) is 5.92 Å². The predicted molar refractivity (Wildman–Crippen MR) is 72.5 cm³/mol. The van der Waals surface area contributed by atoms with Gasteiger partial charge in [0.05, 0.1) is 6.61 Å². The van der Waals surface area contributed by atoms with Gasteiger partial charge in [-0.05, 0) is 25.3 Å². The van der Waals surface area contributed by atoms with E-state index in [4.69, 9.17) is 5.11 Å². The highest BCUT2D eigenvalue weighted by molar-refractivity contribution is 5.73. The number of amides is 2. The van der Waals surface area contributed by atoms with Gasteiger partial charge in [0.1, 0.15) is 0 Å². The fourth-order valence-electron chi connectivity index (χ4n) is 2.43. The molecule has 0 aromatic heterocycles. The molecule has 1 fully saturated rings. The molecule has 106 valence electrons. The average molecular weight is 257 g/mol. The summed E-state index contributed by atoms with van der Waals surface area (Å²) >= 11 is 0.